The minimum Gasteiger partial charge on any atom is -0.468 e. The van der Waals surface area contributed by atoms with E-state index in [1.807, 2.05) is 0 Å². The number of aromatic nitrogens is 1. The summed E-state index contributed by atoms with van der Waals surface area (Å²) in [6.45, 7) is 2.07. The molecule has 23 heavy (non-hydrogen) atoms. The van der Waals surface area contributed by atoms with Crippen molar-refractivity contribution in [3.63, 3.8) is 0 Å². The number of carbonyl (C=O) groups is 1. The second kappa shape index (κ2) is 7.22. The Morgan fingerprint density at radius 1 is 1.26 bits per heavy atom. The van der Waals surface area contributed by atoms with Crippen molar-refractivity contribution in [1.29, 1.82) is 5.26 Å². The number of hydrogen-bond acceptors (Lipinski definition) is 6. The molecule has 1 fully saturated rings. The molecule has 0 radical (unpaired) electrons. The number of carbonyl (C=O) groups excluding carboxylic acids is 1. The van der Waals surface area contributed by atoms with Gasteiger partial charge < -0.3 is 9.64 Å². The molecule has 0 N–H and O–H groups in total. The molecule has 0 aromatic carbocycles. The Morgan fingerprint density at radius 3 is 2.61 bits per heavy atom. The lowest BCUT2D eigenvalue weighted by atomic mass is 9.89. The van der Waals surface area contributed by atoms with E-state index in [1.54, 1.807) is 0 Å². The standard InChI is InChI=1S/C17H21N3O2S/c1-22-15(21)11-23-17-14(10-18)12-6-2-3-7-13(12)16(19-17)20-8-4-5-9-20/h2-9,11H2,1H3. The average Bonchev–Trinajstić information content (AvgIpc) is 3.12. The van der Waals surface area contributed by atoms with Crippen LogP contribution in [0.1, 0.15) is 42.4 Å². The second-order valence-corrected chi connectivity index (χ2v) is 6.91. The van der Waals surface area contributed by atoms with Crippen molar-refractivity contribution in [2.75, 3.05) is 30.9 Å². The summed E-state index contributed by atoms with van der Waals surface area (Å²) >= 11 is 1.32. The molecule has 6 heteroatoms. The highest BCUT2D eigenvalue weighted by Gasteiger charge is 2.26. The number of hydrogen-bond donors (Lipinski definition) is 0. The fourth-order valence-electron chi connectivity index (χ4n) is 3.37. The minimum absolute atomic E-state index is 0.191. The molecule has 2 heterocycles. The van der Waals surface area contributed by atoms with E-state index in [1.165, 1.54) is 37.3 Å². The first-order chi connectivity index (χ1) is 11.2. The summed E-state index contributed by atoms with van der Waals surface area (Å²) in [5, 5.41) is 10.3. The summed E-state index contributed by atoms with van der Waals surface area (Å²) in [4.78, 5) is 18.6. The maximum atomic E-state index is 11.5. The molecule has 1 aliphatic carbocycles. The van der Waals surface area contributed by atoms with Gasteiger partial charge in [-0.05, 0) is 49.7 Å². The molecule has 1 aliphatic heterocycles. The predicted octanol–water partition coefficient (Wildman–Crippen LogP) is 2.70. The van der Waals surface area contributed by atoms with Crippen molar-refractivity contribution in [3.05, 3.63) is 16.7 Å². The highest BCUT2D eigenvalue weighted by molar-refractivity contribution is 7.99. The van der Waals surface area contributed by atoms with Gasteiger partial charge in [0, 0.05) is 13.1 Å². The summed E-state index contributed by atoms with van der Waals surface area (Å²) in [6, 6.07) is 2.33. The van der Waals surface area contributed by atoms with Crippen molar-refractivity contribution in [2.24, 2.45) is 0 Å². The van der Waals surface area contributed by atoms with E-state index in [2.05, 4.69) is 11.0 Å². The largest absolute Gasteiger partial charge is 0.468 e. The lowest BCUT2D eigenvalue weighted by molar-refractivity contribution is -0.137. The first-order valence-corrected chi connectivity index (χ1v) is 9.13. The van der Waals surface area contributed by atoms with Gasteiger partial charge in [0.25, 0.3) is 0 Å². The Bertz CT molecular complexity index is 648. The molecule has 0 unspecified atom stereocenters. The molecule has 1 saturated heterocycles. The zero-order valence-electron chi connectivity index (χ0n) is 13.4. The zero-order chi connectivity index (χ0) is 16.2. The normalized spacial score (nSPS) is 16.8. The van der Waals surface area contributed by atoms with Gasteiger partial charge >= 0.3 is 5.97 Å². The van der Waals surface area contributed by atoms with Gasteiger partial charge in [0.05, 0.1) is 18.4 Å². The van der Waals surface area contributed by atoms with E-state index >= 15 is 0 Å². The molecule has 3 rings (SSSR count). The van der Waals surface area contributed by atoms with Crippen LogP contribution in [0.4, 0.5) is 5.82 Å². The SMILES string of the molecule is COC(=O)CSc1nc(N2CCCC2)c2c(c1C#N)CCCC2. The van der Waals surface area contributed by atoms with Crippen molar-refractivity contribution in [3.8, 4) is 6.07 Å². The Morgan fingerprint density at radius 2 is 1.96 bits per heavy atom. The number of nitriles is 1. The third-order valence-electron chi connectivity index (χ3n) is 4.53. The number of nitrogens with zero attached hydrogens (tertiary/aromatic N) is 3. The third kappa shape index (κ3) is 3.30. The fraction of sp³-hybridized carbons (Fsp3) is 0.588. The Balaban J connectivity index is 2.01. The van der Waals surface area contributed by atoms with Gasteiger partial charge in [-0.2, -0.15) is 5.26 Å². The van der Waals surface area contributed by atoms with Crippen LogP contribution < -0.4 is 4.90 Å². The number of anilines is 1. The van der Waals surface area contributed by atoms with Crippen LogP contribution in [0, 0.1) is 11.3 Å². The van der Waals surface area contributed by atoms with E-state index < -0.39 is 0 Å². The highest BCUT2D eigenvalue weighted by atomic mass is 32.2. The van der Waals surface area contributed by atoms with Gasteiger partial charge in [0.2, 0.25) is 0 Å². The molecule has 1 aromatic rings. The van der Waals surface area contributed by atoms with Crippen molar-refractivity contribution < 1.29 is 9.53 Å². The van der Waals surface area contributed by atoms with Crippen molar-refractivity contribution in [2.45, 2.75) is 43.6 Å². The molecule has 1 aromatic heterocycles. The number of methoxy groups -OCH3 is 1. The van der Waals surface area contributed by atoms with Gasteiger partial charge in [-0.15, -0.1) is 0 Å². The molecule has 122 valence electrons. The third-order valence-corrected chi connectivity index (χ3v) is 5.48. The van der Waals surface area contributed by atoms with Gasteiger partial charge in [-0.1, -0.05) is 11.8 Å². The van der Waals surface area contributed by atoms with E-state index in [0.717, 1.165) is 50.2 Å². The number of rotatable bonds is 4. The predicted molar refractivity (Wildman–Crippen MR) is 89.8 cm³/mol. The van der Waals surface area contributed by atoms with E-state index in [0.29, 0.717) is 10.6 Å². The first-order valence-electron chi connectivity index (χ1n) is 8.15. The summed E-state index contributed by atoms with van der Waals surface area (Å²) in [5.41, 5.74) is 3.08. The van der Waals surface area contributed by atoms with Gasteiger partial charge in [-0.3, -0.25) is 4.79 Å². The zero-order valence-corrected chi connectivity index (χ0v) is 14.2. The molecule has 0 atom stereocenters. The Hall–Kier alpha value is -1.74. The summed E-state index contributed by atoms with van der Waals surface area (Å²) in [7, 11) is 1.38. The maximum absolute atomic E-state index is 11.5. The topological polar surface area (TPSA) is 66.2 Å². The van der Waals surface area contributed by atoms with Crippen LogP contribution in [0.15, 0.2) is 5.03 Å². The number of pyridine rings is 1. The molecular weight excluding hydrogens is 310 g/mol. The van der Waals surface area contributed by atoms with Crippen LogP contribution in [-0.4, -0.2) is 36.9 Å². The average molecular weight is 331 g/mol. The van der Waals surface area contributed by atoms with Crippen LogP contribution >= 0.6 is 11.8 Å². The Labute approximate surface area is 141 Å². The van der Waals surface area contributed by atoms with Crippen LogP contribution in [0.3, 0.4) is 0 Å². The lowest BCUT2D eigenvalue weighted by Gasteiger charge is -2.27. The molecule has 2 aliphatic rings. The van der Waals surface area contributed by atoms with E-state index in [4.69, 9.17) is 9.72 Å². The van der Waals surface area contributed by atoms with Gasteiger partial charge in [-0.25, -0.2) is 4.98 Å². The summed E-state index contributed by atoms with van der Waals surface area (Å²) in [6.07, 6.45) is 6.61. The van der Waals surface area contributed by atoms with Crippen molar-refractivity contribution in [1.82, 2.24) is 4.98 Å². The van der Waals surface area contributed by atoms with Crippen molar-refractivity contribution >= 4 is 23.5 Å². The quantitative estimate of drug-likeness (QED) is 0.624. The first kappa shape index (κ1) is 16.1. The van der Waals surface area contributed by atoms with Crippen LogP contribution in [0.5, 0.6) is 0 Å². The fourth-order valence-corrected chi connectivity index (χ4v) is 4.21. The monoisotopic (exact) mass is 331 g/mol. The summed E-state index contributed by atoms with van der Waals surface area (Å²) < 4.78 is 4.71. The maximum Gasteiger partial charge on any atom is 0.316 e. The Kier molecular flexibility index (Phi) is 5.06. The molecule has 0 saturated carbocycles. The lowest BCUT2D eigenvalue weighted by Crippen LogP contribution is -2.23. The minimum atomic E-state index is -0.291. The molecule has 0 spiro atoms. The number of ether oxygens (including phenoxy) is 1. The number of thioether (sulfide) groups is 1. The number of esters is 1. The van der Waals surface area contributed by atoms with Crippen LogP contribution in [-0.2, 0) is 22.4 Å². The molecular formula is C17H21N3O2S. The molecule has 0 bridgehead atoms. The number of fused-ring (bicyclic) bond motifs is 1. The molecule has 5 nitrogen and oxygen atoms in total. The van der Waals surface area contributed by atoms with Gasteiger partial charge in [0.15, 0.2) is 0 Å². The van der Waals surface area contributed by atoms with Crippen LogP contribution in [0.2, 0.25) is 0 Å². The van der Waals surface area contributed by atoms with E-state index in [9.17, 15) is 10.1 Å². The second-order valence-electron chi connectivity index (χ2n) is 5.95. The van der Waals surface area contributed by atoms with Gasteiger partial charge in [0.1, 0.15) is 16.9 Å². The highest BCUT2D eigenvalue weighted by Crippen LogP contribution is 2.37. The molecule has 0 amide bonds. The van der Waals surface area contributed by atoms with E-state index in [-0.39, 0.29) is 11.7 Å². The summed E-state index contributed by atoms with van der Waals surface area (Å²) in [5.74, 6) is 0.945. The smallest absolute Gasteiger partial charge is 0.316 e. The van der Waals surface area contributed by atoms with Crippen LogP contribution in [0.25, 0.3) is 0 Å².